The highest BCUT2D eigenvalue weighted by atomic mass is 16.5. The smallest absolute Gasteiger partial charge is 0.321 e. The van der Waals surface area contributed by atoms with Crippen LogP contribution in [0.25, 0.3) is 0 Å². The molecule has 1 saturated heterocycles. The number of methoxy groups -OCH3 is 3. The van der Waals surface area contributed by atoms with E-state index in [1.165, 1.54) is 0 Å². The van der Waals surface area contributed by atoms with Crippen molar-refractivity contribution >= 4 is 17.7 Å². The summed E-state index contributed by atoms with van der Waals surface area (Å²) < 4.78 is 15.8. The maximum absolute atomic E-state index is 12.6. The normalized spacial score (nSPS) is 13.7. The Bertz CT molecular complexity index is 944. The first-order valence-corrected chi connectivity index (χ1v) is 11.0. The molecule has 33 heavy (non-hydrogen) atoms. The van der Waals surface area contributed by atoms with Crippen LogP contribution in [0.4, 0.5) is 15.3 Å². The Morgan fingerprint density at radius 2 is 1.61 bits per heavy atom. The van der Waals surface area contributed by atoms with Gasteiger partial charge in [0, 0.05) is 26.2 Å². The van der Waals surface area contributed by atoms with Crippen molar-refractivity contribution < 1.29 is 23.8 Å². The molecule has 178 valence electrons. The third-order valence-electron chi connectivity index (χ3n) is 5.70. The number of piperidine rings is 1. The van der Waals surface area contributed by atoms with Gasteiger partial charge in [-0.1, -0.05) is 18.2 Å². The van der Waals surface area contributed by atoms with E-state index in [0.29, 0.717) is 55.0 Å². The van der Waals surface area contributed by atoms with Gasteiger partial charge in [-0.2, -0.15) is 0 Å². The Hall–Kier alpha value is -3.62. The Labute approximate surface area is 194 Å². The van der Waals surface area contributed by atoms with Crippen LogP contribution in [-0.4, -0.2) is 57.9 Å². The summed E-state index contributed by atoms with van der Waals surface area (Å²) in [5, 5.41) is 8.70. The summed E-state index contributed by atoms with van der Waals surface area (Å²) in [6.07, 6.45) is 1.66. The summed E-state index contributed by atoms with van der Waals surface area (Å²) in [7, 11) is 4.74. The van der Waals surface area contributed by atoms with Gasteiger partial charge in [0.2, 0.25) is 0 Å². The number of carbonyl (C=O) groups is 2. The van der Waals surface area contributed by atoms with E-state index in [4.69, 9.17) is 14.2 Å². The molecule has 2 aromatic rings. The third kappa shape index (κ3) is 6.68. The van der Waals surface area contributed by atoms with E-state index in [1.54, 1.807) is 26.2 Å². The summed E-state index contributed by atoms with van der Waals surface area (Å²) in [4.78, 5) is 26.6. The topological polar surface area (TPSA) is 101 Å². The van der Waals surface area contributed by atoms with Gasteiger partial charge in [-0.05, 0) is 48.6 Å². The number of ether oxygens (including phenoxy) is 3. The lowest BCUT2D eigenvalue weighted by Gasteiger charge is -2.32. The fourth-order valence-corrected chi connectivity index (χ4v) is 3.75. The molecule has 0 bridgehead atoms. The monoisotopic (exact) mass is 456 g/mol. The van der Waals surface area contributed by atoms with Crippen LogP contribution >= 0.6 is 0 Å². The summed E-state index contributed by atoms with van der Waals surface area (Å²) in [5.74, 6) is 2.23. The van der Waals surface area contributed by atoms with Crippen LogP contribution in [0.3, 0.4) is 0 Å². The van der Waals surface area contributed by atoms with Gasteiger partial charge < -0.3 is 35.1 Å². The van der Waals surface area contributed by atoms with Crippen LogP contribution in [0.2, 0.25) is 0 Å². The first-order valence-electron chi connectivity index (χ1n) is 11.0. The van der Waals surface area contributed by atoms with E-state index in [9.17, 15) is 9.59 Å². The number of anilines is 1. The first-order chi connectivity index (χ1) is 16.0. The number of rotatable bonds is 8. The average molecular weight is 457 g/mol. The number of para-hydroxylation sites is 2. The van der Waals surface area contributed by atoms with E-state index < -0.39 is 0 Å². The highest BCUT2D eigenvalue weighted by Crippen LogP contribution is 2.27. The predicted molar refractivity (Wildman–Crippen MR) is 126 cm³/mol. The van der Waals surface area contributed by atoms with Gasteiger partial charge in [0.15, 0.2) is 11.5 Å². The molecule has 0 aliphatic carbocycles. The van der Waals surface area contributed by atoms with Gasteiger partial charge in [0.25, 0.3) is 0 Å². The van der Waals surface area contributed by atoms with Crippen molar-refractivity contribution in [2.24, 2.45) is 5.92 Å². The molecule has 0 atom stereocenters. The Morgan fingerprint density at radius 3 is 2.30 bits per heavy atom. The Morgan fingerprint density at radius 1 is 0.909 bits per heavy atom. The standard InChI is InChI=1S/C24H32N4O5/c1-31-20-7-5-4-6-19(20)27-24(30)28-12-10-17(11-13-28)15-25-23(29)26-16-18-8-9-21(32-2)22(14-18)33-3/h4-9,14,17H,10-13,15-16H2,1-3H3,(H,27,30)(H2,25,26,29). The van der Waals surface area contributed by atoms with Crippen LogP contribution in [0.1, 0.15) is 18.4 Å². The SMILES string of the molecule is COc1ccccc1NC(=O)N1CCC(CNC(=O)NCc2ccc(OC)c(OC)c2)CC1. The van der Waals surface area contributed by atoms with E-state index in [1.807, 2.05) is 42.5 Å². The molecule has 1 heterocycles. The molecule has 0 spiro atoms. The van der Waals surface area contributed by atoms with Crippen molar-refractivity contribution in [3.05, 3.63) is 48.0 Å². The third-order valence-corrected chi connectivity index (χ3v) is 5.70. The van der Waals surface area contributed by atoms with Gasteiger partial charge in [0.1, 0.15) is 5.75 Å². The van der Waals surface area contributed by atoms with Crippen LogP contribution < -0.4 is 30.2 Å². The second-order valence-electron chi connectivity index (χ2n) is 7.81. The zero-order valence-electron chi connectivity index (χ0n) is 19.3. The van der Waals surface area contributed by atoms with Crippen molar-refractivity contribution in [2.75, 3.05) is 46.3 Å². The quantitative estimate of drug-likeness (QED) is 0.565. The molecule has 0 aromatic heterocycles. The molecule has 3 N–H and O–H groups in total. The molecule has 0 radical (unpaired) electrons. The molecular formula is C24H32N4O5. The molecular weight excluding hydrogens is 424 g/mol. The largest absolute Gasteiger partial charge is 0.495 e. The molecule has 9 heteroatoms. The van der Waals surface area contributed by atoms with Gasteiger partial charge in [0.05, 0.1) is 27.0 Å². The van der Waals surface area contributed by atoms with Gasteiger partial charge in [-0.3, -0.25) is 0 Å². The molecule has 4 amide bonds. The number of urea groups is 2. The molecule has 1 aliphatic heterocycles. The zero-order valence-corrected chi connectivity index (χ0v) is 19.3. The Balaban J connectivity index is 1.38. The number of nitrogens with zero attached hydrogens (tertiary/aromatic N) is 1. The lowest BCUT2D eigenvalue weighted by molar-refractivity contribution is 0.180. The molecule has 0 unspecified atom stereocenters. The van der Waals surface area contributed by atoms with Gasteiger partial charge in [-0.15, -0.1) is 0 Å². The molecule has 2 aromatic carbocycles. The predicted octanol–water partition coefficient (Wildman–Crippen LogP) is 3.46. The van der Waals surface area contributed by atoms with Crippen LogP contribution in [-0.2, 0) is 6.54 Å². The number of hydrogen-bond donors (Lipinski definition) is 3. The van der Waals surface area contributed by atoms with Crippen molar-refractivity contribution in [1.29, 1.82) is 0 Å². The fraction of sp³-hybridized carbons (Fsp3) is 0.417. The first kappa shape index (κ1) is 24.0. The van der Waals surface area contributed by atoms with Crippen molar-refractivity contribution in [1.82, 2.24) is 15.5 Å². The number of carbonyl (C=O) groups excluding carboxylic acids is 2. The van der Waals surface area contributed by atoms with E-state index >= 15 is 0 Å². The van der Waals surface area contributed by atoms with Gasteiger partial charge >= 0.3 is 12.1 Å². The summed E-state index contributed by atoms with van der Waals surface area (Å²) >= 11 is 0. The number of hydrogen-bond acceptors (Lipinski definition) is 5. The Kier molecular flexibility index (Phi) is 8.63. The highest BCUT2D eigenvalue weighted by Gasteiger charge is 2.23. The van der Waals surface area contributed by atoms with E-state index in [-0.39, 0.29) is 12.1 Å². The number of amides is 4. The molecule has 3 rings (SSSR count). The molecule has 1 fully saturated rings. The van der Waals surface area contributed by atoms with Crippen LogP contribution in [0.15, 0.2) is 42.5 Å². The van der Waals surface area contributed by atoms with Crippen LogP contribution in [0, 0.1) is 5.92 Å². The molecule has 1 aliphatic rings. The minimum Gasteiger partial charge on any atom is -0.495 e. The van der Waals surface area contributed by atoms with E-state index in [2.05, 4.69) is 16.0 Å². The molecule has 9 nitrogen and oxygen atoms in total. The second-order valence-corrected chi connectivity index (χ2v) is 7.81. The van der Waals surface area contributed by atoms with E-state index in [0.717, 1.165) is 18.4 Å². The molecule has 0 saturated carbocycles. The maximum atomic E-state index is 12.6. The summed E-state index contributed by atoms with van der Waals surface area (Å²) in [6.45, 7) is 2.23. The fourth-order valence-electron chi connectivity index (χ4n) is 3.75. The minimum absolute atomic E-state index is 0.140. The van der Waals surface area contributed by atoms with Crippen molar-refractivity contribution in [3.63, 3.8) is 0 Å². The van der Waals surface area contributed by atoms with Gasteiger partial charge in [-0.25, -0.2) is 9.59 Å². The zero-order chi connectivity index (χ0) is 23.6. The number of likely N-dealkylation sites (tertiary alicyclic amines) is 1. The van der Waals surface area contributed by atoms with Crippen molar-refractivity contribution in [2.45, 2.75) is 19.4 Å². The lowest BCUT2D eigenvalue weighted by atomic mass is 9.97. The van der Waals surface area contributed by atoms with Crippen LogP contribution in [0.5, 0.6) is 17.2 Å². The second kappa shape index (κ2) is 11.8. The number of nitrogens with one attached hydrogen (secondary N) is 3. The summed E-state index contributed by atoms with van der Waals surface area (Å²) in [6, 6.07) is 12.5. The average Bonchev–Trinajstić information content (AvgIpc) is 2.86. The van der Waals surface area contributed by atoms with Crippen molar-refractivity contribution in [3.8, 4) is 17.2 Å². The highest BCUT2D eigenvalue weighted by molar-refractivity contribution is 5.91. The lowest BCUT2D eigenvalue weighted by Crippen LogP contribution is -2.44. The summed E-state index contributed by atoms with van der Waals surface area (Å²) in [5.41, 5.74) is 1.57. The maximum Gasteiger partial charge on any atom is 0.321 e. The number of benzene rings is 2. The minimum atomic E-state index is -0.221.